The van der Waals surface area contributed by atoms with E-state index in [-0.39, 0.29) is 0 Å². The highest BCUT2D eigenvalue weighted by atomic mass is 15.1. The molecule has 0 aliphatic carbocycles. The molecule has 0 atom stereocenters. The van der Waals surface area contributed by atoms with Gasteiger partial charge in [-0.25, -0.2) is 15.0 Å². The zero-order valence-electron chi connectivity index (χ0n) is 30.3. The minimum Gasteiger partial charge on any atom is -0.309 e. The molecular weight excluding hydrogens is 683 g/mol. The first-order valence-corrected chi connectivity index (χ1v) is 18.9. The van der Waals surface area contributed by atoms with E-state index in [4.69, 9.17) is 15.0 Å². The molecule has 56 heavy (non-hydrogen) atoms. The van der Waals surface area contributed by atoms with Crippen LogP contribution in [0.25, 0.3) is 100 Å². The molecule has 3 aromatic heterocycles. The third-order valence-corrected chi connectivity index (χ3v) is 10.8. The summed E-state index contributed by atoms with van der Waals surface area (Å²) in [7, 11) is 0. The van der Waals surface area contributed by atoms with E-state index >= 15 is 0 Å². The Labute approximate surface area is 323 Å². The predicted molar refractivity (Wildman–Crippen MR) is 230 cm³/mol. The first-order valence-electron chi connectivity index (χ1n) is 18.9. The van der Waals surface area contributed by atoms with Crippen LogP contribution in [-0.4, -0.2) is 24.1 Å². The standard InChI is InChI=1S/C51H33N5/c1-3-15-34(16-4-1)35-27-29-37(30-28-35)50-52-49(36-17-5-2-6-18-36)53-51(54-50)43-32-31-38(55-44-23-11-7-19-39(44)40-20-8-12-24-45(40)55)33-48(43)56-46-25-13-9-21-41(46)42-22-10-14-26-47(42)56/h1-33H. The molecule has 11 rings (SSSR count). The molecule has 0 N–H and O–H groups in total. The van der Waals surface area contributed by atoms with Gasteiger partial charge in [-0.05, 0) is 53.6 Å². The molecule has 0 aliphatic heterocycles. The first kappa shape index (κ1) is 31.9. The Hall–Kier alpha value is -7.63. The monoisotopic (exact) mass is 715 g/mol. The van der Waals surface area contributed by atoms with Gasteiger partial charge in [0.1, 0.15) is 0 Å². The normalized spacial score (nSPS) is 11.6. The summed E-state index contributed by atoms with van der Waals surface area (Å²) < 4.78 is 4.74. The Bertz CT molecular complexity index is 3130. The summed E-state index contributed by atoms with van der Waals surface area (Å²) in [5, 5.41) is 4.82. The maximum absolute atomic E-state index is 5.28. The molecule has 0 bridgehead atoms. The van der Waals surface area contributed by atoms with Crippen LogP contribution in [0.3, 0.4) is 0 Å². The number of hydrogen-bond donors (Lipinski definition) is 0. The van der Waals surface area contributed by atoms with Crippen LogP contribution in [-0.2, 0) is 0 Å². The summed E-state index contributed by atoms with van der Waals surface area (Å²) in [5.74, 6) is 1.84. The second-order valence-corrected chi connectivity index (χ2v) is 14.1. The molecule has 0 saturated heterocycles. The van der Waals surface area contributed by atoms with Gasteiger partial charge in [0.25, 0.3) is 0 Å². The van der Waals surface area contributed by atoms with E-state index < -0.39 is 0 Å². The van der Waals surface area contributed by atoms with Gasteiger partial charge in [0.05, 0.1) is 27.8 Å². The molecule has 0 unspecified atom stereocenters. The zero-order chi connectivity index (χ0) is 37.0. The molecule has 0 spiro atoms. The average molecular weight is 716 g/mol. The smallest absolute Gasteiger partial charge is 0.166 e. The number of para-hydroxylation sites is 4. The van der Waals surface area contributed by atoms with Crippen molar-refractivity contribution in [1.29, 1.82) is 0 Å². The van der Waals surface area contributed by atoms with Gasteiger partial charge in [-0.1, -0.05) is 158 Å². The first-order chi connectivity index (χ1) is 27.8. The third-order valence-electron chi connectivity index (χ3n) is 10.8. The molecule has 3 heterocycles. The van der Waals surface area contributed by atoms with Crippen LogP contribution in [0, 0.1) is 0 Å². The second-order valence-electron chi connectivity index (χ2n) is 14.1. The van der Waals surface area contributed by atoms with Crippen molar-refractivity contribution >= 4 is 43.6 Å². The van der Waals surface area contributed by atoms with Gasteiger partial charge in [0, 0.05) is 43.9 Å². The molecule has 5 nitrogen and oxygen atoms in total. The van der Waals surface area contributed by atoms with Crippen LogP contribution in [0.15, 0.2) is 200 Å². The van der Waals surface area contributed by atoms with Gasteiger partial charge in [-0.3, -0.25) is 0 Å². The Kier molecular flexibility index (Phi) is 7.42. The quantitative estimate of drug-likeness (QED) is 0.172. The van der Waals surface area contributed by atoms with Crippen LogP contribution in [0.4, 0.5) is 0 Å². The van der Waals surface area contributed by atoms with E-state index in [1.807, 2.05) is 24.3 Å². The minimum absolute atomic E-state index is 0.603. The minimum atomic E-state index is 0.603. The van der Waals surface area contributed by atoms with Crippen molar-refractivity contribution in [2.45, 2.75) is 0 Å². The molecule has 0 amide bonds. The molecule has 8 aromatic carbocycles. The number of nitrogens with zero attached hydrogens (tertiary/aromatic N) is 5. The lowest BCUT2D eigenvalue weighted by atomic mass is 10.0. The molecule has 262 valence electrons. The average Bonchev–Trinajstić information content (AvgIpc) is 3.80. The highest BCUT2D eigenvalue weighted by Crippen LogP contribution is 2.39. The highest BCUT2D eigenvalue weighted by Gasteiger charge is 2.21. The highest BCUT2D eigenvalue weighted by molar-refractivity contribution is 6.11. The molecule has 0 fully saturated rings. The van der Waals surface area contributed by atoms with E-state index in [0.717, 1.165) is 55.7 Å². The van der Waals surface area contributed by atoms with E-state index in [1.165, 1.54) is 27.1 Å². The largest absolute Gasteiger partial charge is 0.309 e. The van der Waals surface area contributed by atoms with Crippen LogP contribution in [0.5, 0.6) is 0 Å². The number of hydrogen-bond acceptors (Lipinski definition) is 3. The van der Waals surface area contributed by atoms with Crippen molar-refractivity contribution in [3.8, 4) is 56.7 Å². The van der Waals surface area contributed by atoms with Gasteiger partial charge >= 0.3 is 0 Å². The summed E-state index contributed by atoms with van der Waals surface area (Å²) in [6, 6.07) is 70.3. The van der Waals surface area contributed by atoms with Gasteiger partial charge in [-0.2, -0.15) is 0 Å². The second kappa shape index (κ2) is 13.0. The fourth-order valence-electron chi connectivity index (χ4n) is 8.20. The summed E-state index contributed by atoms with van der Waals surface area (Å²) in [5.41, 5.74) is 11.6. The lowest BCUT2D eigenvalue weighted by Crippen LogP contribution is -2.05. The van der Waals surface area contributed by atoms with Crippen LogP contribution >= 0.6 is 0 Å². The van der Waals surface area contributed by atoms with Crippen molar-refractivity contribution < 1.29 is 0 Å². The SMILES string of the molecule is c1ccc(-c2ccc(-c3nc(-c4ccccc4)nc(-c4ccc(-n5c6ccccc6c6ccccc65)cc4-n4c5ccccc5c5ccccc54)n3)cc2)cc1. The van der Waals surface area contributed by atoms with E-state index in [0.29, 0.717) is 17.5 Å². The number of aromatic nitrogens is 5. The van der Waals surface area contributed by atoms with Crippen LogP contribution in [0.1, 0.15) is 0 Å². The Morgan fingerprint density at radius 2 is 0.661 bits per heavy atom. The van der Waals surface area contributed by atoms with E-state index in [9.17, 15) is 0 Å². The summed E-state index contributed by atoms with van der Waals surface area (Å²) in [4.78, 5) is 15.6. The lowest BCUT2D eigenvalue weighted by molar-refractivity contribution is 1.06. The molecule has 0 aliphatic rings. The van der Waals surface area contributed by atoms with E-state index in [1.54, 1.807) is 0 Å². The van der Waals surface area contributed by atoms with Gasteiger partial charge in [-0.15, -0.1) is 0 Å². The summed E-state index contributed by atoms with van der Waals surface area (Å²) >= 11 is 0. The van der Waals surface area contributed by atoms with Crippen molar-refractivity contribution in [3.05, 3.63) is 200 Å². The molecule has 5 heteroatoms. The molecule has 11 aromatic rings. The van der Waals surface area contributed by atoms with Gasteiger partial charge < -0.3 is 9.13 Å². The summed E-state index contributed by atoms with van der Waals surface area (Å²) in [6.45, 7) is 0. The lowest BCUT2D eigenvalue weighted by Gasteiger charge is -2.17. The maximum atomic E-state index is 5.28. The number of benzene rings is 8. The number of fused-ring (bicyclic) bond motifs is 6. The fourth-order valence-corrected chi connectivity index (χ4v) is 8.20. The Balaban J connectivity index is 1.19. The fraction of sp³-hybridized carbons (Fsp3) is 0. The third kappa shape index (κ3) is 5.21. The van der Waals surface area contributed by atoms with Gasteiger partial charge in [0.2, 0.25) is 0 Å². The van der Waals surface area contributed by atoms with Gasteiger partial charge in [0.15, 0.2) is 17.5 Å². The van der Waals surface area contributed by atoms with Crippen LogP contribution in [0.2, 0.25) is 0 Å². The molecule has 0 saturated carbocycles. The molecular formula is C51H33N5. The van der Waals surface area contributed by atoms with Crippen molar-refractivity contribution in [2.24, 2.45) is 0 Å². The maximum Gasteiger partial charge on any atom is 0.166 e. The van der Waals surface area contributed by atoms with Crippen molar-refractivity contribution in [2.75, 3.05) is 0 Å². The number of rotatable bonds is 6. The Morgan fingerprint density at radius 3 is 1.18 bits per heavy atom. The summed E-state index contributed by atoms with van der Waals surface area (Å²) in [6.07, 6.45) is 0. The van der Waals surface area contributed by atoms with Crippen molar-refractivity contribution in [3.63, 3.8) is 0 Å². The molecule has 0 radical (unpaired) electrons. The zero-order valence-corrected chi connectivity index (χ0v) is 30.3. The topological polar surface area (TPSA) is 48.5 Å². The Morgan fingerprint density at radius 1 is 0.286 bits per heavy atom. The predicted octanol–water partition coefficient (Wildman–Crippen LogP) is 12.7. The van der Waals surface area contributed by atoms with Crippen molar-refractivity contribution in [1.82, 2.24) is 24.1 Å². The van der Waals surface area contributed by atoms with Crippen LogP contribution < -0.4 is 0 Å². The van der Waals surface area contributed by atoms with E-state index in [2.05, 4.69) is 185 Å².